The smallest absolute Gasteiger partial charge is 0.0398 e. The quantitative estimate of drug-likeness (QED) is 0.904. The summed E-state index contributed by atoms with van der Waals surface area (Å²) in [7, 11) is 2.12. The van der Waals surface area contributed by atoms with Crippen LogP contribution in [0.1, 0.15) is 44.6 Å². The van der Waals surface area contributed by atoms with Gasteiger partial charge < -0.3 is 10.2 Å². The molecule has 1 aromatic carbocycles. The molecule has 1 aromatic rings. The van der Waals surface area contributed by atoms with Crippen molar-refractivity contribution in [2.45, 2.75) is 45.4 Å². The van der Waals surface area contributed by atoms with Crippen LogP contribution in [0.2, 0.25) is 0 Å². The molecule has 2 atom stereocenters. The van der Waals surface area contributed by atoms with E-state index in [2.05, 4.69) is 48.5 Å². The highest BCUT2D eigenvalue weighted by Crippen LogP contribution is 2.41. The Morgan fingerprint density at radius 2 is 2.14 bits per heavy atom. The van der Waals surface area contributed by atoms with Gasteiger partial charge in [-0.15, -0.1) is 0 Å². The number of rotatable bonds is 4. The first kappa shape index (κ1) is 14.9. The van der Waals surface area contributed by atoms with Gasteiger partial charge in [-0.2, -0.15) is 0 Å². The number of nitrogens with zero attached hydrogens (tertiary/aromatic N) is 1. The van der Waals surface area contributed by atoms with Crippen LogP contribution < -0.4 is 10.2 Å². The normalized spacial score (nSPS) is 29.2. The van der Waals surface area contributed by atoms with E-state index in [9.17, 15) is 0 Å². The predicted molar refractivity (Wildman–Crippen MR) is 91.0 cm³/mol. The zero-order chi connectivity index (χ0) is 14.7. The topological polar surface area (TPSA) is 15.3 Å². The van der Waals surface area contributed by atoms with Gasteiger partial charge in [0.1, 0.15) is 0 Å². The molecule has 3 rings (SSSR count). The van der Waals surface area contributed by atoms with Gasteiger partial charge in [-0.25, -0.2) is 0 Å². The highest BCUT2D eigenvalue weighted by Gasteiger charge is 2.36. The van der Waals surface area contributed by atoms with Crippen LogP contribution in [-0.4, -0.2) is 26.7 Å². The summed E-state index contributed by atoms with van der Waals surface area (Å²) >= 11 is 0. The minimum absolute atomic E-state index is 0.469. The van der Waals surface area contributed by atoms with Crippen LogP contribution in [0.25, 0.3) is 0 Å². The monoisotopic (exact) mass is 286 g/mol. The van der Waals surface area contributed by atoms with Crippen molar-refractivity contribution >= 4 is 5.69 Å². The SMILES string of the molecule is CNCC1(CN2CCCc3ccccc32)CCCC(C)C1. The molecule has 2 heteroatoms. The minimum Gasteiger partial charge on any atom is -0.371 e. The number of fused-ring (bicyclic) bond motifs is 1. The lowest BCUT2D eigenvalue weighted by Crippen LogP contribution is -2.47. The summed E-state index contributed by atoms with van der Waals surface area (Å²) in [4.78, 5) is 2.67. The molecule has 2 unspecified atom stereocenters. The van der Waals surface area contributed by atoms with Crippen molar-refractivity contribution in [3.8, 4) is 0 Å². The van der Waals surface area contributed by atoms with Crippen LogP contribution in [0.4, 0.5) is 5.69 Å². The average Bonchev–Trinajstić information content (AvgIpc) is 2.48. The highest BCUT2D eigenvalue weighted by molar-refractivity contribution is 5.55. The molecule has 2 nitrogen and oxygen atoms in total. The lowest BCUT2D eigenvalue weighted by molar-refractivity contribution is 0.149. The largest absolute Gasteiger partial charge is 0.371 e. The van der Waals surface area contributed by atoms with Crippen LogP contribution in [0.5, 0.6) is 0 Å². The molecule has 0 aromatic heterocycles. The van der Waals surface area contributed by atoms with Crippen molar-refractivity contribution in [3.05, 3.63) is 29.8 Å². The molecule has 1 saturated carbocycles. The Bertz CT molecular complexity index is 466. The summed E-state index contributed by atoms with van der Waals surface area (Å²) in [6.45, 7) is 6.07. The van der Waals surface area contributed by atoms with E-state index in [1.807, 2.05) is 0 Å². The Labute approximate surface area is 129 Å². The number of hydrogen-bond acceptors (Lipinski definition) is 2. The van der Waals surface area contributed by atoms with Crippen LogP contribution in [0.15, 0.2) is 24.3 Å². The minimum atomic E-state index is 0.469. The third-order valence-electron chi connectivity index (χ3n) is 5.47. The van der Waals surface area contributed by atoms with E-state index < -0.39 is 0 Å². The Kier molecular flexibility index (Phi) is 4.54. The molecule has 0 radical (unpaired) electrons. The van der Waals surface area contributed by atoms with Crippen molar-refractivity contribution in [1.29, 1.82) is 0 Å². The number of anilines is 1. The number of hydrogen-bond donors (Lipinski definition) is 1. The predicted octanol–water partition coefficient (Wildman–Crippen LogP) is 3.86. The van der Waals surface area contributed by atoms with E-state index >= 15 is 0 Å². The van der Waals surface area contributed by atoms with Crippen molar-refractivity contribution in [2.24, 2.45) is 11.3 Å². The van der Waals surface area contributed by atoms with Gasteiger partial charge in [0.15, 0.2) is 0 Å². The lowest BCUT2D eigenvalue weighted by Gasteiger charge is -2.45. The molecule has 0 spiro atoms. The maximum atomic E-state index is 3.49. The van der Waals surface area contributed by atoms with Crippen LogP contribution in [-0.2, 0) is 6.42 Å². The van der Waals surface area contributed by atoms with Crippen molar-refractivity contribution < 1.29 is 0 Å². The summed E-state index contributed by atoms with van der Waals surface area (Å²) in [5.41, 5.74) is 3.52. The molecule has 1 heterocycles. The number of para-hydroxylation sites is 1. The maximum absolute atomic E-state index is 3.49. The second-order valence-electron chi connectivity index (χ2n) is 7.39. The molecule has 1 fully saturated rings. The van der Waals surface area contributed by atoms with Crippen molar-refractivity contribution in [3.63, 3.8) is 0 Å². The first-order chi connectivity index (χ1) is 10.2. The zero-order valence-electron chi connectivity index (χ0n) is 13.7. The third kappa shape index (κ3) is 3.26. The van der Waals surface area contributed by atoms with Gasteiger partial charge in [-0.1, -0.05) is 38.0 Å². The highest BCUT2D eigenvalue weighted by atomic mass is 15.1. The number of nitrogens with one attached hydrogen (secondary N) is 1. The van der Waals surface area contributed by atoms with Crippen LogP contribution >= 0.6 is 0 Å². The van der Waals surface area contributed by atoms with E-state index in [0.29, 0.717) is 5.41 Å². The molecule has 0 amide bonds. The molecule has 2 aliphatic rings. The second-order valence-corrected chi connectivity index (χ2v) is 7.39. The van der Waals surface area contributed by atoms with Gasteiger partial charge in [0.2, 0.25) is 0 Å². The van der Waals surface area contributed by atoms with Gasteiger partial charge >= 0.3 is 0 Å². The third-order valence-corrected chi connectivity index (χ3v) is 5.47. The Balaban J connectivity index is 1.80. The molecule has 116 valence electrons. The van der Waals surface area contributed by atoms with E-state index in [-0.39, 0.29) is 0 Å². The van der Waals surface area contributed by atoms with E-state index in [1.54, 1.807) is 5.56 Å². The standard InChI is InChI=1S/C19H30N2/c1-16-7-5-11-19(13-16,14-20-2)15-21-12-6-9-17-8-3-4-10-18(17)21/h3-4,8,10,16,20H,5-7,9,11-15H2,1-2H3. The fourth-order valence-corrected chi connectivity index (χ4v) is 4.68. The van der Waals surface area contributed by atoms with Crippen LogP contribution in [0.3, 0.4) is 0 Å². The molecular weight excluding hydrogens is 256 g/mol. The van der Waals surface area contributed by atoms with Gasteiger partial charge in [0, 0.05) is 30.7 Å². The average molecular weight is 286 g/mol. The van der Waals surface area contributed by atoms with Crippen molar-refractivity contribution in [1.82, 2.24) is 5.32 Å². The van der Waals surface area contributed by atoms with Gasteiger partial charge in [-0.05, 0) is 50.3 Å². The first-order valence-corrected chi connectivity index (χ1v) is 8.70. The number of aryl methyl sites for hydroxylation is 1. The summed E-state index contributed by atoms with van der Waals surface area (Å²) in [5, 5.41) is 3.49. The molecule has 1 aliphatic carbocycles. The molecule has 0 saturated heterocycles. The Morgan fingerprint density at radius 3 is 2.95 bits per heavy atom. The van der Waals surface area contributed by atoms with Gasteiger partial charge in [0.25, 0.3) is 0 Å². The summed E-state index contributed by atoms with van der Waals surface area (Å²) < 4.78 is 0. The molecular formula is C19H30N2. The lowest BCUT2D eigenvalue weighted by atomic mass is 9.69. The van der Waals surface area contributed by atoms with Gasteiger partial charge in [-0.3, -0.25) is 0 Å². The first-order valence-electron chi connectivity index (χ1n) is 8.70. The van der Waals surface area contributed by atoms with Crippen molar-refractivity contribution in [2.75, 3.05) is 31.6 Å². The van der Waals surface area contributed by atoms with E-state index in [0.717, 1.165) is 12.5 Å². The zero-order valence-corrected chi connectivity index (χ0v) is 13.7. The summed E-state index contributed by atoms with van der Waals surface area (Å²) in [6, 6.07) is 9.03. The van der Waals surface area contributed by atoms with E-state index in [1.165, 1.54) is 57.3 Å². The van der Waals surface area contributed by atoms with E-state index in [4.69, 9.17) is 0 Å². The van der Waals surface area contributed by atoms with Gasteiger partial charge in [0.05, 0.1) is 0 Å². The molecule has 0 bridgehead atoms. The fraction of sp³-hybridized carbons (Fsp3) is 0.684. The summed E-state index contributed by atoms with van der Waals surface area (Å²) in [5.74, 6) is 0.882. The molecule has 1 aliphatic heterocycles. The maximum Gasteiger partial charge on any atom is 0.0398 e. The Hall–Kier alpha value is -1.02. The fourth-order valence-electron chi connectivity index (χ4n) is 4.68. The number of benzene rings is 1. The summed E-state index contributed by atoms with van der Waals surface area (Å²) in [6.07, 6.45) is 8.15. The second kappa shape index (κ2) is 6.39. The molecule has 21 heavy (non-hydrogen) atoms. The Morgan fingerprint density at radius 1 is 1.29 bits per heavy atom. The molecule has 1 N–H and O–H groups in total. The van der Waals surface area contributed by atoms with Crippen LogP contribution in [0, 0.1) is 11.3 Å².